The van der Waals surface area contributed by atoms with Crippen LogP contribution in [0.3, 0.4) is 0 Å². The molecule has 1 spiro atoms. The van der Waals surface area contributed by atoms with Crippen molar-refractivity contribution in [1.29, 1.82) is 0 Å². The van der Waals surface area contributed by atoms with Crippen LogP contribution in [0.4, 0.5) is 0 Å². The highest BCUT2D eigenvalue weighted by Crippen LogP contribution is 2.71. The number of aliphatic hydroxyl groups excluding tert-OH is 16. The zero-order valence-corrected chi connectivity index (χ0v) is 47.4. The summed E-state index contributed by atoms with van der Waals surface area (Å²) >= 11 is 0. The first kappa shape index (κ1) is 64.2. The number of hydrogen-bond donors (Lipinski definition) is 16. The highest BCUT2D eigenvalue weighted by atomic mass is 16.8. The summed E-state index contributed by atoms with van der Waals surface area (Å²) in [7, 11) is 0. The first-order valence-corrected chi connectivity index (χ1v) is 30.0. The van der Waals surface area contributed by atoms with E-state index in [0.29, 0.717) is 43.1 Å². The Morgan fingerprint density at radius 3 is 1.75 bits per heavy atom. The molecule has 0 radical (unpaired) electrons. The smallest absolute Gasteiger partial charge is 0.187 e. The van der Waals surface area contributed by atoms with Crippen LogP contribution in [0, 0.1) is 46.3 Å². The topological polar surface area (TPSA) is 434 Å². The zero-order valence-electron chi connectivity index (χ0n) is 47.4. The Balaban J connectivity index is 0.793. The van der Waals surface area contributed by atoms with Gasteiger partial charge in [-0.05, 0) is 91.8 Å². The first-order valence-electron chi connectivity index (χ1n) is 30.0. The molecule has 36 unspecified atom stereocenters. The maximum Gasteiger partial charge on any atom is 0.187 e. The molecule has 4 aliphatic carbocycles. The van der Waals surface area contributed by atoms with Crippen molar-refractivity contribution in [2.75, 3.05) is 39.6 Å². The van der Waals surface area contributed by atoms with Gasteiger partial charge in [0.1, 0.15) is 116 Å². The molecule has 0 aromatic rings. The largest absolute Gasteiger partial charge is 0.394 e. The van der Waals surface area contributed by atoms with E-state index in [1.807, 2.05) is 0 Å². The normalized spacial score (nSPS) is 56.8. The standard InChI is InChI=1S/C56H90O28/c1-20-7-10-56(74-18-20)21(2)34-29(84-56)12-25-23-6-5-22-11-28(26(61)13-55(22,4)24(23)8-9-54(25,34)3)75-50-43(71)40(68)45(33(17-60)79-50)80-53-48(47(38(66)32(16-59)78-53)82-49-41(69)35(63)27(62)19-73-49)83-52-44(72)46(37(65)31(15-58)77-52)81-51-42(70)39(67)36(64)30(14-57)76-51/h21-53,57-72H,1,5-19H2,2-4H3. The van der Waals surface area contributed by atoms with Gasteiger partial charge in [-0.25, -0.2) is 0 Å². The van der Waals surface area contributed by atoms with E-state index in [1.165, 1.54) is 0 Å². The Bertz CT molecular complexity index is 2230. The van der Waals surface area contributed by atoms with E-state index in [-0.39, 0.29) is 28.8 Å². The Labute approximate surface area is 485 Å². The maximum absolute atomic E-state index is 12.1. The Morgan fingerprint density at radius 2 is 1.08 bits per heavy atom. The summed E-state index contributed by atoms with van der Waals surface area (Å²) in [4.78, 5) is 0. The van der Waals surface area contributed by atoms with E-state index in [1.54, 1.807) is 0 Å². The van der Waals surface area contributed by atoms with E-state index in [4.69, 9.17) is 56.8 Å². The van der Waals surface area contributed by atoms with E-state index in [2.05, 4.69) is 27.4 Å². The molecular weight excluding hydrogens is 1120 g/mol. The van der Waals surface area contributed by atoms with Gasteiger partial charge in [0.15, 0.2) is 37.2 Å². The first-order chi connectivity index (χ1) is 39.9. The summed E-state index contributed by atoms with van der Waals surface area (Å²) in [6.07, 6.45) is -39.4. The van der Waals surface area contributed by atoms with Crippen molar-refractivity contribution in [2.24, 2.45) is 46.3 Å². The summed E-state index contributed by atoms with van der Waals surface area (Å²) in [5.41, 5.74) is 0.936. The van der Waals surface area contributed by atoms with Crippen molar-refractivity contribution in [2.45, 2.75) is 250 Å². The molecule has 84 heavy (non-hydrogen) atoms. The van der Waals surface area contributed by atoms with Crippen LogP contribution in [0.15, 0.2) is 12.2 Å². The van der Waals surface area contributed by atoms with Gasteiger partial charge in [0, 0.05) is 12.3 Å². The second kappa shape index (κ2) is 25.0. The average molecular weight is 1210 g/mol. The molecule has 28 nitrogen and oxygen atoms in total. The fourth-order valence-corrected chi connectivity index (χ4v) is 17.2. The summed E-state index contributed by atoms with van der Waals surface area (Å²) in [5, 5.41) is 176. The van der Waals surface area contributed by atoms with E-state index in [9.17, 15) is 81.7 Å². The van der Waals surface area contributed by atoms with Gasteiger partial charge in [-0.15, -0.1) is 0 Å². The SMILES string of the molecule is C=C1CCC2(OC1)OC1CC3C4CCC5CC(OC6OC(CO)C(OC7OC(CO)C(O)C(OC8OCC(O)C(O)C8O)C7OC7OC(CO)C(O)C(OC8OC(CO)C(O)C(O)C8O)C7O)C(O)C6O)C(O)CC5(C)C4CCC3(C)C1C2C. The van der Waals surface area contributed by atoms with Crippen LogP contribution in [0.25, 0.3) is 0 Å². The lowest BCUT2D eigenvalue weighted by molar-refractivity contribution is -0.410. The van der Waals surface area contributed by atoms with Crippen LogP contribution < -0.4 is 0 Å². The molecule has 11 fully saturated rings. The molecule has 28 heteroatoms. The van der Waals surface area contributed by atoms with E-state index >= 15 is 0 Å². The molecule has 7 heterocycles. The number of aliphatic hydroxyl groups is 16. The molecule has 4 saturated carbocycles. The lowest BCUT2D eigenvalue weighted by Crippen LogP contribution is -2.69. The number of fused-ring (bicyclic) bond motifs is 7. The number of hydrogen-bond acceptors (Lipinski definition) is 28. The van der Waals surface area contributed by atoms with Gasteiger partial charge < -0.3 is 139 Å². The molecule has 0 aromatic heterocycles. The van der Waals surface area contributed by atoms with Crippen LogP contribution >= 0.6 is 0 Å². The lowest BCUT2D eigenvalue weighted by atomic mass is 9.44. The van der Waals surface area contributed by atoms with Crippen molar-refractivity contribution >= 4 is 0 Å². The second-order valence-electron chi connectivity index (χ2n) is 26.4. The molecule has 482 valence electrons. The van der Waals surface area contributed by atoms with Gasteiger partial charge in [0.05, 0.1) is 58.0 Å². The van der Waals surface area contributed by atoms with Crippen molar-refractivity contribution < 1.29 is 139 Å². The molecular formula is C56H90O28. The van der Waals surface area contributed by atoms with Gasteiger partial charge in [-0.1, -0.05) is 32.9 Å². The Morgan fingerprint density at radius 1 is 0.512 bits per heavy atom. The summed E-state index contributed by atoms with van der Waals surface area (Å²) in [6, 6.07) is 0. The second-order valence-corrected chi connectivity index (χ2v) is 26.4. The van der Waals surface area contributed by atoms with E-state index < -0.39 is 198 Å². The molecule has 7 saturated heterocycles. The summed E-state index contributed by atoms with van der Waals surface area (Å²) in [5.74, 6) is 1.40. The summed E-state index contributed by atoms with van der Waals surface area (Å²) < 4.78 is 72.9. The predicted octanol–water partition coefficient (Wildman–Crippen LogP) is -5.56. The zero-order chi connectivity index (χ0) is 60.2. The third kappa shape index (κ3) is 11.1. The fraction of sp³-hybridized carbons (Fsp3) is 0.964. The van der Waals surface area contributed by atoms with Crippen LogP contribution in [-0.4, -0.2) is 293 Å². The van der Waals surface area contributed by atoms with Crippen molar-refractivity contribution in [3.63, 3.8) is 0 Å². The van der Waals surface area contributed by atoms with Gasteiger partial charge in [0.2, 0.25) is 0 Å². The lowest BCUT2D eigenvalue weighted by Gasteiger charge is -2.62. The van der Waals surface area contributed by atoms with Gasteiger partial charge in [0.25, 0.3) is 0 Å². The van der Waals surface area contributed by atoms with Crippen molar-refractivity contribution in [1.82, 2.24) is 0 Å². The van der Waals surface area contributed by atoms with E-state index in [0.717, 1.165) is 50.5 Å². The minimum absolute atomic E-state index is 0.0782. The molecule has 0 bridgehead atoms. The average Bonchev–Trinajstić information content (AvgIpc) is 1.56. The Hall–Kier alpha value is -1.38. The molecule has 16 N–H and O–H groups in total. The van der Waals surface area contributed by atoms with Gasteiger partial charge in [-0.2, -0.15) is 0 Å². The minimum Gasteiger partial charge on any atom is -0.394 e. The fourth-order valence-electron chi connectivity index (χ4n) is 17.2. The molecule has 36 atom stereocenters. The highest BCUT2D eigenvalue weighted by Gasteiger charge is 2.70. The highest BCUT2D eigenvalue weighted by molar-refractivity contribution is 5.17. The molecule has 11 rings (SSSR count). The quantitative estimate of drug-likeness (QED) is 0.0570. The molecule has 0 amide bonds. The summed E-state index contributed by atoms with van der Waals surface area (Å²) in [6.45, 7) is 7.39. The van der Waals surface area contributed by atoms with Gasteiger partial charge in [-0.3, -0.25) is 0 Å². The van der Waals surface area contributed by atoms with Crippen LogP contribution in [0.1, 0.15) is 78.6 Å². The third-order valence-corrected chi connectivity index (χ3v) is 21.9. The predicted molar refractivity (Wildman–Crippen MR) is 276 cm³/mol. The third-order valence-electron chi connectivity index (χ3n) is 21.9. The van der Waals surface area contributed by atoms with Crippen molar-refractivity contribution in [3.8, 4) is 0 Å². The van der Waals surface area contributed by atoms with Crippen LogP contribution in [-0.2, 0) is 56.8 Å². The molecule has 7 aliphatic heterocycles. The minimum atomic E-state index is -2.20. The Kier molecular flexibility index (Phi) is 19.1. The molecule has 0 aromatic carbocycles. The van der Waals surface area contributed by atoms with Crippen molar-refractivity contribution in [3.05, 3.63) is 12.2 Å². The van der Waals surface area contributed by atoms with Crippen LogP contribution in [0.5, 0.6) is 0 Å². The monoisotopic (exact) mass is 1210 g/mol. The molecule has 11 aliphatic rings. The number of rotatable bonds is 14. The van der Waals surface area contributed by atoms with Crippen LogP contribution in [0.2, 0.25) is 0 Å². The maximum atomic E-state index is 12.1. The number of ether oxygens (including phenoxy) is 12. The van der Waals surface area contributed by atoms with Gasteiger partial charge >= 0.3 is 0 Å².